The number of hydrogen-bond donors (Lipinski definition) is 3. The first kappa shape index (κ1) is 16.8. The molecule has 0 saturated carbocycles. The van der Waals surface area contributed by atoms with Gasteiger partial charge < -0.3 is 20.7 Å². The highest BCUT2D eigenvalue weighted by Crippen LogP contribution is 2.32. The number of benzene rings is 1. The van der Waals surface area contributed by atoms with E-state index < -0.39 is 6.10 Å². The third-order valence-electron chi connectivity index (χ3n) is 4.84. The molecule has 6 heteroatoms. The lowest BCUT2D eigenvalue weighted by Gasteiger charge is -2.28. The van der Waals surface area contributed by atoms with Crippen LogP contribution in [-0.2, 0) is 9.59 Å². The van der Waals surface area contributed by atoms with Gasteiger partial charge in [-0.15, -0.1) is 0 Å². The molecule has 0 spiro atoms. The Labute approximate surface area is 142 Å². The van der Waals surface area contributed by atoms with Crippen molar-refractivity contribution in [3.8, 4) is 5.75 Å². The Morgan fingerprint density at radius 2 is 2.29 bits per heavy atom. The minimum Gasteiger partial charge on any atom is -0.479 e. The zero-order chi connectivity index (χ0) is 17.1. The zero-order valence-electron chi connectivity index (χ0n) is 14.2. The first-order valence-corrected chi connectivity index (χ1v) is 8.65. The molecular formula is C18H25N3O3. The molecule has 1 saturated heterocycles. The van der Waals surface area contributed by atoms with Gasteiger partial charge in [0.05, 0.1) is 5.69 Å². The van der Waals surface area contributed by atoms with Gasteiger partial charge in [0.15, 0.2) is 6.10 Å². The first-order valence-electron chi connectivity index (χ1n) is 8.65. The number of rotatable bonds is 4. The van der Waals surface area contributed by atoms with Crippen LogP contribution < -0.4 is 20.7 Å². The van der Waals surface area contributed by atoms with E-state index in [-0.39, 0.29) is 11.8 Å². The third kappa shape index (κ3) is 3.87. The van der Waals surface area contributed by atoms with Crippen LogP contribution in [0, 0.1) is 11.8 Å². The highest BCUT2D eigenvalue weighted by atomic mass is 16.5. The van der Waals surface area contributed by atoms with E-state index in [4.69, 9.17) is 4.74 Å². The summed E-state index contributed by atoms with van der Waals surface area (Å²) >= 11 is 0. The molecule has 2 amide bonds. The van der Waals surface area contributed by atoms with Gasteiger partial charge in [-0.05, 0) is 62.9 Å². The molecule has 130 valence electrons. The van der Waals surface area contributed by atoms with Crippen molar-refractivity contribution in [2.24, 2.45) is 11.8 Å². The molecule has 0 aliphatic carbocycles. The fourth-order valence-corrected chi connectivity index (χ4v) is 3.32. The number of piperidine rings is 1. The minimum absolute atomic E-state index is 0.00412. The number of carbonyl (C=O) groups excluding carboxylic acids is 2. The van der Waals surface area contributed by atoms with E-state index in [1.807, 2.05) is 0 Å². The highest BCUT2D eigenvalue weighted by molar-refractivity contribution is 5.99. The van der Waals surface area contributed by atoms with Gasteiger partial charge in [-0.3, -0.25) is 9.59 Å². The van der Waals surface area contributed by atoms with E-state index >= 15 is 0 Å². The molecule has 1 aromatic carbocycles. The quantitative estimate of drug-likeness (QED) is 0.791. The molecule has 2 aliphatic rings. The first-order chi connectivity index (χ1) is 11.5. The van der Waals surface area contributed by atoms with Crippen molar-refractivity contribution in [1.29, 1.82) is 0 Å². The van der Waals surface area contributed by atoms with Crippen molar-refractivity contribution < 1.29 is 14.3 Å². The van der Waals surface area contributed by atoms with E-state index in [0.717, 1.165) is 13.1 Å². The number of anilines is 2. The van der Waals surface area contributed by atoms with Crippen LogP contribution in [0.25, 0.3) is 0 Å². The summed E-state index contributed by atoms with van der Waals surface area (Å²) in [5.74, 6) is 1.36. The predicted molar refractivity (Wildman–Crippen MR) is 93.2 cm³/mol. The molecule has 1 aromatic rings. The Morgan fingerprint density at radius 1 is 1.46 bits per heavy atom. The Hall–Kier alpha value is -2.08. The summed E-state index contributed by atoms with van der Waals surface area (Å²) in [6, 6.07) is 5.31. The largest absolute Gasteiger partial charge is 0.479 e. The standard InChI is InChI=1S/C18H25N3O3/c1-11(13-4-3-7-19-10-13)8-17(22)20-14-5-6-16-15(9-14)21-18(23)12(2)24-16/h5-6,9,11-13,19H,3-4,7-8,10H2,1-2H3,(H,20,22)(H,21,23). The molecule has 3 atom stereocenters. The fourth-order valence-electron chi connectivity index (χ4n) is 3.32. The van der Waals surface area contributed by atoms with Gasteiger partial charge in [-0.1, -0.05) is 6.92 Å². The monoisotopic (exact) mass is 331 g/mol. The summed E-state index contributed by atoms with van der Waals surface area (Å²) in [6.45, 7) is 5.92. The lowest BCUT2D eigenvalue weighted by atomic mass is 9.85. The number of ether oxygens (including phenoxy) is 1. The number of fused-ring (bicyclic) bond motifs is 1. The molecule has 3 rings (SSSR count). The van der Waals surface area contributed by atoms with E-state index in [1.54, 1.807) is 25.1 Å². The second-order valence-corrected chi connectivity index (χ2v) is 6.80. The Bertz CT molecular complexity index is 626. The second kappa shape index (κ2) is 7.21. The Morgan fingerprint density at radius 3 is 3.04 bits per heavy atom. The molecule has 3 unspecified atom stereocenters. The van der Waals surface area contributed by atoms with E-state index in [9.17, 15) is 9.59 Å². The van der Waals surface area contributed by atoms with Crippen molar-refractivity contribution in [1.82, 2.24) is 5.32 Å². The van der Waals surface area contributed by atoms with Crippen LogP contribution in [0.2, 0.25) is 0 Å². The number of nitrogens with one attached hydrogen (secondary N) is 3. The summed E-state index contributed by atoms with van der Waals surface area (Å²) in [6.07, 6.45) is 2.37. The van der Waals surface area contributed by atoms with Crippen molar-refractivity contribution >= 4 is 23.2 Å². The molecular weight excluding hydrogens is 306 g/mol. The summed E-state index contributed by atoms with van der Waals surface area (Å²) < 4.78 is 5.52. The van der Waals surface area contributed by atoms with Gasteiger partial charge in [-0.2, -0.15) is 0 Å². The fraction of sp³-hybridized carbons (Fsp3) is 0.556. The SMILES string of the molecule is CC1Oc2ccc(NC(=O)CC(C)C3CCCNC3)cc2NC1=O. The predicted octanol–water partition coefficient (Wildman–Crippen LogP) is 2.37. The molecule has 1 fully saturated rings. The maximum absolute atomic E-state index is 12.3. The highest BCUT2D eigenvalue weighted by Gasteiger charge is 2.24. The van der Waals surface area contributed by atoms with Crippen LogP contribution >= 0.6 is 0 Å². The smallest absolute Gasteiger partial charge is 0.265 e. The van der Waals surface area contributed by atoms with Crippen molar-refractivity contribution in [2.45, 2.75) is 39.2 Å². The summed E-state index contributed by atoms with van der Waals surface area (Å²) in [5, 5.41) is 9.11. The Kier molecular flexibility index (Phi) is 5.04. The molecule has 2 aliphatic heterocycles. The topological polar surface area (TPSA) is 79.5 Å². The van der Waals surface area contributed by atoms with Crippen LogP contribution in [0.3, 0.4) is 0 Å². The van der Waals surface area contributed by atoms with Crippen LogP contribution in [0.4, 0.5) is 11.4 Å². The van der Waals surface area contributed by atoms with Crippen molar-refractivity contribution in [3.63, 3.8) is 0 Å². The van der Waals surface area contributed by atoms with Gasteiger partial charge in [0.2, 0.25) is 5.91 Å². The molecule has 2 heterocycles. The van der Waals surface area contributed by atoms with E-state index in [1.165, 1.54) is 12.8 Å². The number of carbonyl (C=O) groups is 2. The average Bonchev–Trinajstić information content (AvgIpc) is 2.57. The lowest BCUT2D eigenvalue weighted by molar-refractivity contribution is -0.122. The van der Waals surface area contributed by atoms with Crippen LogP contribution in [0.1, 0.15) is 33.1 Å². The Balaban J connectivity index is 1.58. The molecule has 3 N–H and O–H groups in total. The average molecular weight is 331 g/mol. The molecule has 0 aromatic heterocycles. The van der Waals surface area contributed by atoms with Gasteiger partial charge >= 0.3 is 0 Å². The summed E-state index contributed by atoms with van der Waals surface area (Å²) in [4.78, 5) is 24.0. The van der Waals surface area contributed by atoms with Gasteiger partial charge in [0.25, 0.3) is 5.91 Å². The maximum Gasteiger partial charge on any atom is 0.265 e. The van der Waals surface area contributed by atoms with E-state index in [2.05, 4.69) is 22.9 Å². The normalized spacial score (nSPS) is 24.3. The number of hydrogen-bond acceptors (Lipinski definition) is 4. The minimum atomic E-state index is -0.497. The molecule has 6 nitrogen and oxygen atoms in total. The third-order valence-corrected chi connectivity index (χ3v) is 4.84. The summed E-state index contributed by atoms with van der Waals surface area (Å²) in [5.41, 5.74) is 1.27. The van der Waals surface area contributed by atoms with Crippen LogP contribution in [0.15, 0.2) is 18.2 Å². The summed E-state index contributed by atoms with van der Waals surface area (Å²) in [7, 11) is 0. The maximum atomic E-state index is 12.3. The molecule has 24 heavy (non-hydrogen) atoms. The zero-order valence-corrected chi connectivity index (χ0v) is 14.2. The van der Waals surface area contributed by atoms with Gasteiger partial charge in [0, 0.05) is 12.1 Å². The van der Waals surface area contributed by atoms with Crippen LogP contribution in [0.5, 0.6) is 5.75 Å². The molecule has 0 radical (unpaired) electrons. The van der Waals surface area contributed by atoms with Crippen molar-refractivity contribution in [3.05, 3.63) is 18.2 Å². The van der Waals surface area contributed by atoms with Crippen molar-refractivity contribution in [2.75, 3.05) is 23.7 Å². The number of amides is 2. The second-order valence-electron chi connectivity index (χ2n) is 6.80. The lowest BCUT2D eigenvalue weighted by Crippen LogP contribution is -2.34. The van der Waals surface area contributed by atoms with E-state index in [0.29, 0.717) is 35.4 Å². The van der Waals surface area contributed by atoms with Crippen LogP contribution in [-0.4, -0.2) is 31.0 Å². The van der Waals surface area contributed by atoms with Gasteiger partial charge in [-0.25, -0.2) is 0 Å². The molecule has 0 bridgehead atoms. The van der Waals surface area contributed by atoms with Gasteiger partial charge in [0.1, 0.15) is 5.75 Å².